The summed E-state index contributed by atoms with van der Waals surface area (Å²) in [7, 11) is 1.41. The molecule has 0 unspecified atom stereocenters. The molecular formula is C10H11N3O3. The van der Waals surface area contributed by atoms with E-state index in [1.165, 1.54) is 11.6 Å². The van der Waals surface area contributed by atoms with Crippen LogP contribution in [0.2, 0.25) is 0 Å². The van der Waals surface area contributed by atoms with Gasteiger partial charge in [0.2, 0.25) is 5.88 Å². The molecular weight excluding hydrogens is 210 g/mol. The summed E-state index contributed by atoms with van der Waals surface area (Å²) in [6.07, 6.45) is 0. The average Bonchev–Trinajstić information content (AvgIpc) is 2.55. The molecule has 2 aromatic rings. The van der Waals surface area contributed by atoms with Crippen LogP contribution < -0.4 is 4.74 Å². The van der Waals surface area contributed by atoms with E-state index in [9.17, 15) is 4.79 Å². The van der Waals surface area contributed by atoms with Crippen molar-refractivity contribution in [1.29, 1.82) is 0 Å². The Labute approximate surface area is 91.5 Å². The van der Waals surface area contributed by atoms with Crippen molar-refractivity contribution in [3.63, 3.8) is 0 Å². The van der Waals surface area contributed by atoms with E-state index in [4.69, 9.17) is 9.84 Å². The molecule has 0 saturated carbocycles. The maximum atomic E-state index is 11.1. The Bertz CT molecular complexity index is 574. The number of nitrogens with zero attached hydrogens (tertiary/aromatic N) is 3. The molecule has 0 aliphatic rings. The van der Waals surface area contributed by atoms with E-state index >= 15 is 0 Å². The van der Waals surface area contributed by atoms with E-state index < -0.39 is 5.97 Å². The van der Waals surface area contributed by atoms with Crippen LogP contribution in [-0.2, 0) is 0 Å². The Morgan fingerprint density at radius 3 is 2.75 bits per heavy atom. The third-order valence-corrected chi connectivity index (χ3v) is 2.27. The summed E-state index contributed by atoms with van der Waals surface area (Å²) in [6.45, 7) is 3.44. The molecule has 2 heterocycles. The molecule has 84 valence electrons. The fourth-order valence-corrected chi connectivity index (χ4v) is 1.64. The van der Waals surface area contributed by atoms with Crippen molar-refractivity contribution in [2.45, 2.75) is 13.8 Å². The molecule has 0 spiro atoms. The number of aromatic carboxylic acids is 1. The Kier molecular flexibility index (Phi) is 2.26. The van der Waals surface area contributed by atoms with Crippen molar-refractivity contribution in [3.8, 4) is 5.88 Å². The molecule has 0 bridgehead atoms. The van der Waals surface area contributed by atoms with Gasteiger partial charge in [0.25, 0.3) is 0 Å². The first kappa shape index (κ1) is 10.4. The summed E-state index contributed by atoms with van der Waals surface area (Å²) >= 11 is 0. The van der Waals surface area contributed by atoms with Crippen LogP contribution in [-0.4, -0.2) is 32.8 Å². The fraction of sp³-hybridized carbons (Fsp3) is 0.300. The largest absolute Gasteiger partial charge is 0.480 e. The molecule has 6 nitrogen and oxygen atoms in total. The highest BCUT2D eigenvalue weighted by Gasteiger charge is 2.20. The maximum Gasteiger partial charge on any atom is 0.343 e. The molecule has 2 aromatic heterocycles. The molecule has 0 atom stereocenters. The van der Waals surface area contributed by atoms with Gasteiger partial charge in [-0.25, -0.2) is 9.78 Å². The fourth-order valence-electron chi connectivity index (χ4n) is 1.64. The second kappa shape index (κ2) is 3.48. The Morgan fingerprint density at radius 1 is 1.50 bits per heavy atom. The van der Waals surface area contributed by atoms with Gasteiger partial charge in [-0.3, -0.25) is 0 Å². The first-order valence-electron chi connectivity index (χ1n) is 4.69. The normalized spacial score (nSPS) is 10.7. The zero-order valence-electron chi connectivity index (χ0n) is 9.18. The Hall–Kier alpha value is -2.11. The summed E-state index contributed by atoms with van der Waals surface area (Å²) in [4.78, 5) is 15.3. The van der Waals surface area contributed by atoms with Gasteiger partial charge >= 0.3 is 5.97 Å². The lowest BCUT2D eigenvalue weighted by Crippen LogP contribution is -2.10. The zero-order chi connectivity index (χ0) is 11.9. The van der Waals surface area contributed by atoms with Crippen molar-refractivity contribution in [2.75, 3.05) is 7.11 Å². The molecule has 0 aromatic carbocycles. The van der Waals surface area contributed by atoms with Crippen molar-refractivity contribution in [3.05, 3.63) is 23.0 Å². The van der Waals surface area contributed by atoms with E-state index in [1.54, 1.807) is 13.0 Å². The molecule has 0 fully saturated rings. The van der Waals surface area contributed by atoms with E-state index in [2.05, 4.69) is 10.1 Å². The lowest BCUT2D eigenvalue weighted by atomic mass is 10.2. The van der Waals surface area contributed by atoms with Gasteiger partial charge in [-0.15, -0.1) is 0 Å². The Morgan fingerprint density at radius 2 is 2.19 bits per heavy atom. The van der Waals surface area contributed by atoms with Gasteiger partial charge in [0, 0.05) is 6.07 Å². The van der Waals surface area contributed by atoms with Gasteiger partial charge in [-0.2, -0.15) is 9.61 Å². The number of hydrogen-bond donors (Lipinski definition) is 1. The highest BCUT2D eigenvalue weighted by molar-refractivity contribution is 5.91. The lowest BCUT2D eigenvalue weighted by Gasteiger charge is -2.08. The Balaban J connectivity index is 2.89. The first-order valence-corrected chi connectivity index (χ1v) is 4.69. The SMILES string of the molecule is COc1c(C(=O)O)c(C)nc2cc(C)nn12. The van der Waals surface area contributed by atoms with Crippen molar-refractivity contribution in [1.82, 2.24) is 14.6 Å². The summed E-state index contributed by atoms with van der Waals surface area (Å²) in [5.41, 5.74) is 1.79. The predicted molar refractivity (Wildman–Crippen MR) is 56.0 cm³/mol. The van der Waals surface area contributed by atoms with Crippen molar-refractivity contribution < 1.29 is 14.6 Å². The first-order chi connectivity index (χ1) is 7.54. The van der Waals surface area contributed by atoms with Crippen LogP contribution in [0, 0.1) is 13.8 Å². The van der Waals surface area contributed by atoms with Crippen LogP contribution in [0.5, 0.6) is 5.88 Å². The molecule has 0 amide bonds. The number of carboxylic acid groups (broad SMARTS) is 1. The molecule has 1 N–H and O–H groups in total. The minimum Gasteiger partial charge on any atom is -0.480 e. The number of aromatic nitrogens is 3. The van der Waals surface area contributed by atoms with Gasteiger partial charge in [0.1, 0.15) is 5.56 Å². The van der Waals surface area contributed by atoms with Gasteiger partial charge in [0.15, 0.2) is 5.65 Å². The highest BCUT2D eigenvalue weighted by atomic mass is 16.5. The van der Waals surface area contributed by atoms with Crippen molar-refractivity contribution in [2.24, 2.45) is 0 Å². The van der Waals surface area contributed by atoms with Crippen LogP contribution in [0.4, 0.5) is 0 Å². The number of fused-ring (bicyclic) bond motifs is 1. The number of carboxylic acids is 1. The topological polar surface area (TPSA) is 76.7 Å². The number of rotatable bonds is 2. The van der Waals surface area contributed by atoms with Gasteiger partial charge in [-0.1, -0.05) is 0 Å². The number of carbonyl (C=O) groups is 1. The molecule has 0 aliphatic carbocycles. The van der Waals surface area contributed by atoms with E-state index in [1.807, 2.05) is 6.92 Å². The summed E-state index contributed by atoms with van der Waals surface area (Å²) < 4.78 is 6.49. The third kappa shape index (κ3) is 1.39. The number of aryl methyl sites for hydroxylation is 2. The van der Waals surface area contributed by atoms with E-state index in [0.717, 1.165) is 5.69 Å². The smallest absolute Gasteiger partial charge is 0.343 e. The quantitative estimate of drug-likeness (QED) is 0.820. The van der Waals surface area contributed by atoms with Crippen LogP contribution in [0.25, 0.3) is 5.65 Å². The molecule has 16 heavy (non-hydrogen) atoms. The van der Waals surface area contributed by atoms with Crippen molar-refractivity contribution >= 4 is 11.6 Å². The van der Waals surface area contributed by atoms with Gasteiger partial charge in [-0.05, 0) is 13.8 Å². The molecule has 2 rings (SSSR count). The molecule has 0 saturated heterocycles. The number of ether oxygens (including phenoxy) is 1. The van der Waals surface area contributed by atoms with Gasteiger partial charge in [0.05, 0.1) is 18.5 Å². The van der Waals surface area contributed by atoms with E-state index in [-0.39, 0.29) is 11.4 Å². The van der Waals surface area contributed by atoms with E-state index in [0.29, 0.717) is 11.3 Å². The summed E-state index contributed by atoms with van der Waals surface area (Å²) in [5.74, 6) is -0.875. The second-order valence-electron chi connectivity index (χ2n) is 3.44. The number of hydrogen-bond acceptors (Lipinski definition) is 4. The predicted octanol–water partition coefficient (Wildman–Crippen LogP) is 1.05. The summed E-state index contributed by atoms with van der Waals surface area (Å²) in [6, 6.07) is 1.77. The minimum absolute atomic E-state index is 0.0399. The zero-order valence-corrected chi connectivity index (χ0v) is 9.18. The number of methoxy groups -OCH3 is 1. The summed E-state index contributed by atoms with van der Waals surface area (Å²) in [5, 5.41) is 13.2. The monoisotopic (exact) mass is 221 g/mol. The minimum atomic E-state index is -1.07. The second-order valence-corrected chi connectivity index (χ2v) is 3.44. The molecule has 0 aliphatic heterocycles. The van der Waals surface area contributed by atoms with Crippen LogP contribution in [0.15, 0.2) is 6.07 Å². The average molecular weight is 221 g/mol. The van der Waals surface area contributed by atoms with Gasteiger partial charge < -0.3 is 9.84 Å². The molecule has 6 heteroatoms. The van der Waals surface area contributed by atoms with Crippen LogP contribution in [0.3, 0.4) is 0 Å². The van der Waals surface area contributed by atoms with Crippen LogP contribution >= 0.6 is 0 Å². The maximum absolute atomic E-state index is 11.1. The van der Waals surface area contributed by atoms with Crippen LogP contribution in [0.1, 0.15) is 21.7 Å². The molecule has 0 radical (unpaired) electrons. The standard InChI is InChI=1S/C10H11N3O3/c1-5-4-7-11-6(2)8(10(14)15)9(16-3)13(7)12-5/h4H,1-3H3,(H,14,15). The third-order valence-electron chi connectivity index (χ3n) is 2.27. The highest BCUT2D eigenvalue weighted by Crippen LogP contribution is 2.22. The lowest BCUT2D eigenvalue weighted by molar-refractivity contribution is 0.0690.